The number of hydrogen-bond acceptors (Lipinski definition) is 1. The molecule has 0 heterocycles. The van der Waals surface area contributed by atoms with E-state index in [2.05, 4.69) is 5.32 Å². The molecule has 0 fully saturated rings. The highest BCUT2D eigenvalue weighted by atomic mass is 35.5. The van der Waals surface area contributed by atoms with Crippen molar-refractivity contribution in [3.05, 3.63) is 70.2 Å². The highest BCUT2D eigenvalue weighted by Gasteiger charge is 2.05. The maximum absolute atomic E-state index is 11.9. The first-order valence-electron chi connectivity index (χ1n) is 5.75. The summed E-state index contributed by atoms with van der Waals surface area (Å²) in [6, 6.07) is 15.0. The topological polar surface area (TPSA) is 29.1 Å². The molecular weight excluding hydrogens is 246 g/mol. The molecule has 2 nitrogen and oxygen atoms in total. The first kappa shape index (κ1) is 12.7. The van der Waals surface area contributed by atoms with Crippen molar-refractivity contribution in [1.29, 1.82) is 0 Å². The van der Waals surface area contributed by atoms with Gasteiger partial charge in [0, 0.05) is 17.1 Å². The van der Waals surface area contributed by atoms with Gasteiger partial charge in [-0.25, -0.2) is 0 Å². The Morgan fingerprint density at radius 2 is 1.78 bits per heavy atom. The van der Waals surface area contributed by atoms with Crippen LogP contribution in [-0.2, 0) is 6.54 Å². The Balaban J connectivity index is 2.01. The number of aryl methyl sites for hydroxylation is 1. The van der Waals surface area contributed by atoms with Crippen molar-refractivity contribution in [2.45, 2.75) is 13.5 Å². The van der Waals surface area contributed by atoms with Crippen molar-refractivity contribution in [1.82, 2.24) is 5.32 Å². The van der Waals surface area contributed by atoms with Crippen molar-refractivity contribution in [2.24, 2.45) is 0 Å². The van der Waals surface area contributed by atoms with Gasteiger partial charge in [0.25, 0.3) is 5.91 Å². The molecule has 1 N–H and O–H groups in total. The Labute approximate surface area is 112 Å². The lowest BCUT2D eigenvalue weighted by Crippen LogP contribution is -2.22. The maximum Gasteiger partial charge on any atom is 0.251 e. The smallest absolute Gasteiger partial charge is 0.251 e. The molecule has 0 atom stereocenters. The molecule has 0 aromatic heterocycles. The second-order valence-corrected chi connectivity index (χ2v) is 4.55. The van der Waals surface area contributed by atoms with Gasteiger partial charge in [0.15, 0.2) is 0 Å². The highest BCUT2D eigenvalue weighted by Crippen LogP contribution is 2.14. The monoisotopic (exact) mass is 259 g/mol. The molecule has 0 aliphatic carbocycles. The first-order valence-corrected chi connectivity index (χ1v) is 6.13. The van der Waals surface area contributed by atoms with Gasteiger partial charge >= 0.3 is 0 Å². The molecule has 0 aliphatic heterocycles. The number of benzene rings is 2. The third-order valence-electron chi connectivity index (χ3n) is 2.71. The van der Waals surface area contributed by atoms with E-state index in [-0.39, 0.29) is 5.91 Å². The molecular formula is C15H14ClNO. The van der Waals surface area contributed by atoms with E-state index in [1.54, 1.807) is 0 Å². The summed E-state index contributed by atoms with van der Waals surface area (Å²) in [6.45, 7) is 2.43. The Morgan fingerprint density at radius 3 is 2.44 bits per heavy atom. The molecule has 2 rings (SSSR count). The van der Waals surface area contributed by atoms with E-state index in [9.17, 15) is 4.79 Å². The Morgan fingerprint density at radius 1 is 1.11 bits per heavy atom. The van der Waals surface area contributed by atoms with Gasteiger partial charge in [-0.15, -0.1) is 0 Å². The second-order valence-electron chi connectivity index (χ2n) is 4.14. The predicted octanol–water partition coefficient (Wildman–Crippen LogP) is 3.58. The van der Waals surface area contributed by atoms with Gasteiger partial charge in [-0.3, -0.25) is 4.79 Å². The second kappa shape index (κ2) is 5.69. The van der Waals surface area contributed by atoms with Crippen LogP contribution in [0.1, 0.15) is 21.5 Å². The summed E-state index contributed by atoms with van der Waals surface area (Å²) >= 11 is 6.02. The summed E-state index contributed by atoms with van der Waals surface area (Å²) in [4.78, 5) is 11.9. The van der Waals surface area contributed by atoms with E-state index >= 15 is 0 Å². The summed E-state index contributed by atoms with van der Waals surface area (Å²) in [7, 11) is 0. The molecule has 0 unspecified atom stereocenters. The minimum absolute atomic E-state index is 0.0880. The number of nitrogens with one attached hydrogen (secondary N) is 1. The van der Waals surface area contributed by atoms with Gasteiger partial charge in [0.05, 0.1) is 0 Å². The fourth-order valence-corrected chi connectivity index (χ4v) is 1.83. The molecule has 2 aromatic rings. The molecule has 0 saturated carbocycles. The largest absolute Gasteiger partial charge is 0.348 e. The Hall–Kier alpha value is -1.80. The zero-order valence-corrected chi connectivity index (χ0v) is 10.9. The molecule has 0 spiro atoms. The van der Waals surface area contributed by atoms with E-state index in [1.165, 1.54) is 0 Å². The van der Waals surface area contributed by atoms with Crippen molar-refractivity contribution in [2.75, 3.05) is 0 Å². The molecule has 3 heteroatoms. The van der Waals surface area contributed by atoms with Crippen LogP contribution in [0.5, 0.6) is 0 Å². The minimum Gasteiger partial charge on any atom is -0.348 e. The molecule has 1 amide bonds. The Bertz CT molecular complexity index is 549. The number of rotatable bonds is 3. The standard InChI is InChI=1S/C15H14ClNO/c1-11-6-8-12(9-7-11)15(18)17-10-13-4-2-3-5-14(13)16/h2-9H,10H2,1H3,(H,17,18). The average molecular weight is 260 g/mol. The average Bonchev–Trinajstić information content (AvgIpc) is 2.38. The fraction of sp³-hybridized carbons (Fsp3) is 0.133. The van der Waals surface area contributed by atoms with Crippen LogP contribution in [0.25, 0.3) is 0 Å². The van der Waals surface area contributed by atoms with Crippen LogP contribution in [0, 0.1) is 6.92 Å². The molecule has 0 bridgehead atoms. The van der Waals surface area contributed by atoms with Gasteiger partial charge in [-0.05, 0) is 30.7 Å². The third kappa shape index (κ3) is 3.11. The van der Waals surface area contributed by atoms with Crippen LogP contribution in [0.4, 0.5) is 0 Å². The number of halogens is 1. The normalized spacial score (nSPS) is 10.1. The SMILES string of the molecule is Cc1ccc(C(=O)NCc2ccccc2Cl)cc1. The van der Waals surface area contributed by atoms with E-state index in [0.29, 0.717) is 17.1 Å². The van der Waals surface area contributed by atoms with Crippen molar-refractivity contribution in [3.8, 4) is 0 Å². The number of hydrogen-bond donors (Lipinski definition) is 1. The zero-order chi connectivity index (χ0) is 13.0. The van der Waals surface area contributed by atoms with Crippen molar-refractivity contribution < 1.29 is 4.79 Å². The third-order valence-corrected chi connectivity index (χ3v) is 3.08. The fourth-order valence-electron chi connectivity index (χ4n) is 1.62. The quantitative estimate of drug-likeness (QED) is 0.897. The summed E-state index contributed by atoms with van der Waals surface area (Å²) in [6.07, 6.45) is 0. The number of carbonyl (C=O) groups excluding carboxylic acids is 1. The van der Waals surface area contributed by atoms with Crippen LogP contribution < -0.4 is 5.32 Å². The molecule has 0 saturated heterocycles. The van der Waals surface area contributed by atoms with E-state index in [4.69, 9.17) is 11.6 Å². The molecule has 0 radical (unpaired) electrons. The lowest BCUT2D eigenvalue weighted by molar-refractivity contribution is 0.0951. The van der Waals surface area contributed by atoms with E-state index in [0.717, 1.165) is 11.1 Å². The summed E-state index contributed by atoms with van der Waals surface area (Å²) in [5, 5.41) is 3.52. The minimum atomic E-state index is -0.0880. The van der Waals surface area contributed by atoms with Gasteiger partial charge in [-0.1, -0.05) is 47.5 Å². The lowest BCUT2D eigenvalue weighted by atomic mass is 10.1. The number of amides is 1. The molecule has 2 aromatic carbocycles. The van der Waals surface area contributed by atoms with Gasteiger partial charge in [0.2, 0.25) is 0 Å². The highest BCUT2D eigenvalue weighted by molar-refractivity contribution is 6.31. The van der Waals surface area contributed by atoms with E-state index in [1.807, 2.05) is 55.5 Å². The maximum atomic E-state index is 11.9. The Kier molecular flexibility index (Phi) is 4.00. The molecule has 92 valence electrons. The summed E-state index contributed by atoms with van der Waals surface area (Å²) < 4.78 is 0. The summed E-state index contributed by atoms with van der Waals surface area (Å²) in [5.41, 5.74) is 2.71. The van der Waals surface area contributed by atoms with Gasteiger partial charge < -0.3 is 5.32 Å². The summed E-state index contributed by atoms with van der Waals surface area (Å²) in [5.74, 6) is -0.0880. The predicted molar refractivity (Wildman–Crippen MR) is 73.8 cm³/mol. The van der Waals surface area contributed by atoms with Crippen LogP contribution in [0.2, 0.25) is 5.02 Å². The van der Waals surface area contributed by atoms with Crippen molar-refractivity contribution >= 4 is 17.5 Å². The lowest BCUT2D eigenvalue weighted by Gasteiger charge is -2.07. The van der Waals surface area contributed by atoms with Crippen LogP contribution in [-0.4, -0.2) is 5.91 Å². The number of carbonyl (C=O) groups is 1. The van der Waals surface area contributed by atoms with Crippen LogP contribution >= 0.6 is 11.6 Å². The molecule has 0 aliphatic rings. The first-order chi connectivity index (χ1) is 8.66. The molecule has 18 heavy (non-hydrogen) atoms. The van der Waals surface area contributed by atoms with Crippen LogP contribution in [0.15, 0.2) is 48.5 Å². The van der Waals surface area contributed by atoms with Gasteiger partial charge in [0.1, 0.15) is 0 Å². The van der Waals surface area contributed by atoms with Crippen molar-refractivity contribution in [3.63, 3.8) is 0 Å². The van der Waals surface area contributed by atoms with Crippen LogP contribution in [0.3, 0.4) is 0 Å². The van der Waals surface area contributed by atoms with Gasteiger partial charge in [-0.2, -0.15) is 0 Å². The van der Waals surface area contributed by atoms with E-state index < -0.39 is 0 Å². The zero-order valence-electron chi connectivity index (χ0n) is 10.1.